The van der Waals surface area contributed by atoms with Gasteiger partial charge in [0.25, 0.3) is 5.91 Å². The summed E-state index contributed by atoms with van der Waals surface area (Å²) < 4.78 is 11.5. The van der Waals surface area contributed by atoms with Crippen molar-refractivity contribution in [2.24, 2.45) is 0 Å². The number of amides is 1. The zero-order valence-electron chi connectivity index (χ0n) is 21.2. The van der Waals surface area contributed by atoms with Gasteiger partial charge < -0.3 is 36.1 Å². The summed E-state index contributed by atoms with van der Waals surface area (Å²) in [6.07, 6.45) is -0.318. The van der Waals surface area contributed by atoms with Crippen molar-refractivity contribution >= 4 is 34.6 Å². The first kappa shape index (κ1) is 26.9. The van der Waals surface area contributed by atoms with Crippen LogP contribution >= 0.6 is 0 Å². The average molecular weight is 506 g/mol. The fraction of sp³-hybridized carbons (Fsp3) is 0.214. The number of hydrogen-bond acceptors (Lipinski definition) is 7. The third-order valence-electron chi connectivity index (χ3n) is 5.07. The average Bonchev–Trinajstić information content (AvgIpc) is 2.79. The molecule has 0 spiro atoms. The standard InChI is InChI=1S/C28H31N3O6/c1-15(2)36-25-13-19(29)7-9-21(25)17(5)30-20-8-10-22(24(32)14-20)27(33)31-23-11-6-18(28(34)35)12-26(23)37-16(3)4/h6-16,30,32H,5,29H2,1-4H3,(H,31,33)(H,34,35). The Morgan fingerprint density at radius 1 is 0.865 bits per heavy atom. The molecule has 0 aliphatic heterocycles. The third-order valence-corrected chi connectivity index (χ3v) is 5.07. The Bertz CT molecular complexity index is 1330. The summed E-state index contributed by atoms with van der Waals surface area (Å²) in [6, 6.07) is 13.9. The second-order valence-corrected chi connectivity index (χ2v) is 8.89. The lowest BCUT2D eigenvalue weighted by atomic mass is 10.1. The van der Waals surface area contributed by atoms with Crippen molar-refractivity contribution in [3.8, 4) is 17.2 Å². The maximum atomic E-state index is 12.9. The Balaban J connectivity index is 1.79. The van der Waals surface area contributed by atoms with Gasteiger partial charge in [-0.3, -0.25) is 4.79 Å². The normalized spacial score (nSPS) is 10.8. The largest absolute Gasteiger partial charge is 0.507 e. The SMILES string of the molecule is C=C(Nc1ccc(C(=O)Nc2ccc(C(=O)O)cc2OC(C)C)c(O)c1)c1ccc(N)cc1OC(C)C. The van der Waals surface area contributed by atoms with Crippen molar-refractivity contribution in [1.82, 2.24) is 0 Å². The summed E-state index contributed by atoms with van der Waals surface area (Å²) in [5.41, 5.74) is 8.49. The van der Waals surface area contributed by atoms with E-state index < -0.39 is 11.9 Å². The maximum absolute atomic E-state index is 12.9. The first-order chi connectivity index (χ1) is 17.4. The molecule has 3 aromatic carbocycles. The number of carboxylic acids is 1. The number of carbonyl (C=O) groups excluding carboxylic acids is 1. The highest BCUT2D eigenvalue weighted by Gasteiger charge is 2.17. The molecule has 0 aliphatic carbocycles. The minimum Gasteiger partial charge on any atom is -0.507 e. The number of carboxylic acid groups (broad SMARTS) is 1. The van der Waals surface area contributed by atoms with Crippen LogP contribution in [0.5, 0.6) is 17.2 Å². The summed E-state index contributed by atoms with van der Waals surface area (Å²) in [6.45, 7) is 11.4. The highest BCUT2D eigenvalue weighted by atomic mass is 16.5. The number of benzene rings is 3. The fourth-order valence-electron chi connectivity index (χ4n) is 3.48. The molecular formula is C28H31N3O6. The summed E-state index contributed by atoms with van der Waals surface area (Å²) >= 11 is 0. The van der Waals surface area contributed by atoms with Gasteiger partial charge in [-0.25, -0.2) is 4.79 Å². The van der Waals surface area contributed by atoms with E-state index in [1.807, 2.05) is 13.8 Å². The van der Waals surface area contributed by atoms with E-state index in [0.717, 1.165) is 0 Å². The predicted octanol–water partition coefficient (Wildman–Crippen LogP) is 5.58. The van der Waals surface area contributed by atoms with Crippen molar-refractivity contribution < 1.29 is 29.3 Å². The number of anilines is 3. The molecule has 0 heterocycles. The van der Waals surface area contributed by atoms with E-state index in [1.54, 1.807) is 38.1 Å². The minimum absolute atomic E-state index is 0.0188. The Morgan fingerprint density at radius 2 is 1.51 bits per heavy atom. The molecule has 0 bridgehead atoms. The van der Waals surface area contributed by atoms with E-state index in [9.17, 15) is 19.8 Å². The Kier molecular flexibility index (Phi) is 8.29. The Labute approximate surface area is 215 Å². The molecule has 0 saturated carbocycles. The van der Waals surface area contributed by atoms with E-state index >= 15 is 0 Å². The fourth-order valence-corrected chi connectivity index (χ4v) is 3.48. The first-order valence-corrected chi connectivity index (χ1v) is 11.7. The number of carbonyl (C=O) groups is 2. The molecule has 3 rings (SSSR count). The molecule has 0 atom stereocenters. The van der Waals surface area contributed by atoms with Gasteiger partial charge in [-0.1, -0.05) is 6.58 Å². The van der Waals surface area contributed by atoms with Crippen LogP contribution < -0.4 is 25.8 Å². The highest BCUT2D eigenvalue weighted by Crippen LogP contribution is 2.32. The number of nitrogen functional groups attached to an aromatic ring is 1. The number of phenols is 1. The molecule has 0 unspecified atom stereocenters. The van der Waals surface area contributed by atoms with Crippen LogP contribution in [0.15, 0.2) is 61.2 Å². The van der Waals surface area contributed by atoms with E-state index in [0.29, 0.717) is 28.4 Å². The number of ether oxygens (including phenoxy) is 2. The molecule has 0 aromatic heterocycles. The number of rotatable bonds is 10. The van der Waals surface area contributed by atoms with Crippen molar-refractivity contribution in [2.45, 2.75) is 39.9 Å². The lowest BCUT2D eigenvalue weighted by Crippen LogP contribution is -2.15. The van der Waals surface area contributed by atoms with Gasteiger partial charge in [0, 0.05) is 34.8 Å². The maximum Gasteiger partial charge on any atom is 0.335 e. The molecule has 9 nitrogen and oxygen atoms in total. The van der Waals surface area contributed by atoms with Crippen LogP contribution in [-0.2, 0) is 0 Å². The number of aromatic hydroxyl groups is 1. The summed E-state index contributed by atoms with van der Waals surface area (Å²) in [4.78, 5) is 24.2. The topological polar surface area (TPSA) is 143 Å². The van der Waals surface area contributed by atoms with Crippen LogP contribution in [0.1, 0.15) is 54.0 Å². The Hall–Kier alpha value is -4.66. The molecule has 194 valence electrons. The molecule has 1 amide bonds. The van der Waals surface area contributed by atoms with Gasteiger partial charge in [0.2, 0.25) is 0 Å². The van der Waals surface area contributed by atoms with Crippen LogP contribution in [0.2, 0.25) is 0 Å². The van der Waals surface area contributed by atoms with Crippen LogP contribution in [0, 0.1) is 0 Å². The second-order valence-electron chi connectivity index (χ2n) is 8.89. The number of aromatic carboxylic acids is 1. The van der Waals surface area contributed by atoms with Crippen LogP contribution in [-0.4, -0.2) is 34.3 Å². The third kappa shape index (κ3) is 6.94. The zero-order valence-corrected chi connectivity index (χ0v) is 21.2. The molecule has 0 saturated heterocycles. The summed E-state index contributed by atoms with van der Waals surface area (Å²) in [7, 11) is 0. The molecule has 0 fully saturated rings. The first-order valence-electron chi connectivity index (χ1n) is 11.7. The van der Waals surface area contributed by atoms with Crippen molar-refractivity contribution in [2.75, 3.05) is 16.4 Å². The lowest BCUT2D eigenvalue weighted by Gasteiger charge is -2.18. The van der Waals surface area contributed by atoms with E-state index in [1.165, 1.54) is 30.3 Å². The van der Waals surface area contributed by atoms with Gasteiger partial charge in [-0.05, 0) is 70.2 Å². The van der Waals surface area contributed by atoms with Crippen molar-refractivity contribution in [3.05, 3.63) is 77.9 Å². The zero-order chi connectivity index (χ0) is 27.3. The van der Waals surface area contributed by atoms with Crippen molar-refractivity contribution in [1.29, 1.82) is 0 Å². The predicted molar refractivity (Wildman–Crippen MR) is 145 cm³/mol. The monoisotopic (exact) mass is 505 g/mol. The van der Waals surface area contributed by atoms with Crippen LogP contribution in [0.3, 0.4) is 0 Å². The van der Waals surface area contributed by atoms with Crippen LogP contribution in [0.25, 0.3) is 5.70 Å². The summed E-state index contributed by atoms with van der Waals surface area (Å²) in [5.74, 6) is -1.19. The number of hydrogen-bond donors (Lipinski definition) is 5. The van der Waals surface area contributed by atoms with Gasteiger partial charge in [0.15, 0.2) is 0 Å². The van der Waals surface area contributed by atoms with Gasteiger partial charge >= 0.3 is 5.97 Å². The van der Waals surface area contributed by atoms with Gasteiger partial charge in [-0.2, -0.15) is 0 Å². The number of phenolic OH excluding ortho intramolecular Hbond substituents is 1. The molecule has 9 heteroatoms. The van der Waals surface area contributed by atoms with Gasteiger partial charge in [0.1, 0.15) is 17.2 Å². The van der Waals surface area contributed by atoms with Gasteiger partial charge in [0.05, 0.1) is 29.0 Å². The molecule has 0 aliphatic rings. The number of nitrogens with one attached hydrogen (secondary N) is 2. The van der Waals surface area contributed by atoms with Crippen molar-refractivity contribution in [3.63, 3.8) is 0 Å². The molecule has 6 N–H and O–H groups in total. The van der Waals surface area contributed by atoms with E-state index in [4.69, 9.17) is 15.2 Å². The van der Waals surface area contributed by atoms with E-state index in [2.05, 4.69) is 17.2 Å². The quantitative estimate of drug-likeness (QED) is 0.225. The molecule has 3 aromatic rings. The van der Waals surface area contributed by atoms with E-state index in [-0.39, 0.29) is 40.5 Å². The van der Waals surface area contributed by atoms with Gasteiger partial charge in [-0.15, -0.1) is 0 Å². The minimum atomic E-state index is -1.12. The molecule has 37 heavy (non-hydrogen) atoms. The lowest BCUT2D eigenvalue weighted by molar-refractivity contribution is 0.0696. The number of nitrogens with two attached hydrogens (primary N) is 1. The second kappa shape index (κ2) is 11.4. The smallest absolute Gasteiger partial charge is 0.335 e. The Morgan fingerprint density at radius 3 is 2.14 bits per heavy atom. The molecular weight excluding hydrogens is 474 g/mol. The highest BCUT2D eigenvalue weighted by molar-refractivity contribution is 6.07. The van der Waals surface area contributed by atoms with Crippen LogP contribution in [0.4, 0.5) is 17.1 Å². The molecule has 0 radical (unpaired) electrons. The summed E-state index contributed by atoms with van der Waals surface area (Å²) in [5, 5.41) is 25.6.